The monoisotopic (exact) mass is 221 g/mol. The van der Waals surface area contributed by atoms with E-state index in [2.05, 4.69) is 20.7 Å². The van der Waals surface area contributed by atoms with Crippen LogP contribution in [0.5, 0.6) is 0 Å². The van der Waals surface area contributed by atoms with Gasteiger partial charge < -0.3 is 5.32 Å². The summed E-state index contributed by atoms with van der Waals surface area (Å²) in [6.07, 6.45) is 3.60. The van der Waals surface area contributed by atoms with E-state index in [0.717, 1.165) is 5.56 Å². The molecule has 5 heteroatoms. The Labute approximate surface area is 96.1 Å². The molecule has 0 saturated carbocycles. The van der Waals surface area contributed by atoms with Crippen molar-refractivity contribution in [1.82, 2.24) is 15.7 Å². The zero-order valence-electron chi connectivity index (χ0n) is 9.99. The molecule has 0 spiro atoms. The van der Waals surface area contributed by atoms with E-state index in [1.54, 1.807) is 6.20 Å². The molecule has 0 amide bonds. The Morgan fingerprint density at radius 1 is 1.56 bits per heavy atom. The predicted molar refractivity (Wildman–Crippen MR) is 65.7 cm³/mol. The lowest BCUT2D eigenvalue weighted by Gasteiger charge is -2.12. The first-order chi connectivity index (χ1) is 7.63. The topological polar surface area (TPSA) is 75.3 Å². The highest BCUT2D eigenvalue weighted by atomic mass is 15.3. The first-order valence-corrected chi connectivity index (χ1v) is 5.30. The lowest BCUT2D eigenvalue weighted by molar-refractivity contribution is 0.702. The minimum absolute atomic E-state index is 0.296. The van der Waals surface area contributed by atoms with Crippen molar-refractivity contribution in [3.05, 3.63) is 29.6 Å². The van der Waals surface area contributed by atoms with Gasteiger partial charge in [0.15, 0.2) is 0 Å². The number of nitrogens with two attached hydrogens (primary N) is 1. The Morgan fingerprint density at radius 3 is 2.88 bits per heavy atom. The van der Waals surface area contributed by atoms with Crippen molar-refractivity contribution in [3.63, 3.8) is 0 Å². The molecule has 1 aromatic heterocycles. The third-order valence-electron chi connectivity index (χ3n) is 2.12. The molecule has 0 bridgehead atoms. The van der Waals surface area contributed by atoms with E-state index >= 15 is 0 Å². The summed E-state index contributed by atoms with van der Waals surface area (Å²) in [5.41, 5.74) is 4.82. The summed E-state index contributed by atoms with van der Waals surface area (Å²) in [7, 11) is 0. The van der Waals surface area contributed by atoms with Crippen molar-refractivity contribution < 1.29 is 0 Å². The number of rotatable bonds is 3. The minimum atomic E-state index is 0.296. The van der Waals surface area contributed by atoms with Crippen LogP contribution in [0.25, 0.3) is 0 Å². The summed E-state index contributed by atoms with van der Waals surface area (Å²) in [5.74, 6) is 5.96. The maximum atomic E-state index is 5.36. The highest BCUT2D eigenvalue weighted by molar-refractivity contribution is 5.79. The molecule has 4 N–H and O–H groups in total. The van der Waals surface area contributed by atoms with Gasteiger partial charge in [0, 0.05) is 18.4 Å². The largest absolute Gasteiger partial charge is 0.353 e. The number of hydrogen-bond acceptors (Lipinski definition) is 3. The van der Waals surface area contributed by atoms with E-state index in [0.29, 0.717) is 18.5 Å². The molecule has 0 aromatic carbocycles. The molecule has 1 aromatic rings. The Bertz CT molecular complexity index is 359. The van der Waals surface area contributed by atoms with Crippen molar-refractivity contribution in [2.75, 3.05) is 0 Å². The number of aliphatic imine (C=N–C) groups is 1. The summed E-state index contributed by atoms with van der Waals surface area (Å²) in [4.78, 5) is 8.41. The number of aromatic nitrogens is 1. The lowest BCUT2D eigenvalue weighted by Crippen LogP contribution is -2.44. The maximum absolute atomic E-state index is 5.36. The van der Waals surface area contributed by atoms with Crippen LogP contribution in [0, 0.1) is 6.92 Å². The van der Waals surface area contributed by atoms with E-state index in [-0.39, 0.29) is 0 Å². The van der Waals surface area contributed by atoms with Gasteiger partial charge in [-0.25, -0.2) is 10.8 Å². The van der Waals surface area contributed by atoms with Crippen molar-refractivity contribution in [1.29, 1.82) is 0 Å². The lowest BCUT2D eigenvalue weighted by atomic mass is 10.2. The smallest absolute Gasteiger partial charge is 0.206 e. The van der Waals surface area contributed by atoms with Crippen molar-refractivity contribution >= 4 is 5.96 Å². The standard InChI is InChI=1S/C11H19N5/c1-8(2)15-11(16-12)14-7-10-6-13-5-4-9(10)3/h4-6,8H,7,12H2,1-3H3,(H2,14,15,16). The van der Waals surface area contributed by atoms with Crippen LogP contribution in [-0.4, -0.2) is 17.0 Å². The summed E-state index contributed by atoms with van der Waals surface area (Å²) >= 11 is 0. The Morgan fingerprint density at radius 2 is 2.31 bits per heavy atom. The molecule has 1 heterocycles. The van der Waals surface area contributed by atoms with Crippen LogP contribution in [0.3, 0.4) is 0 Å². The van der Waals surface area contributed by atoms with E-state index in [1.165, 1.54) is 5.56 Å². The second kappa shape index (κ2) is 6.07. The zero-order valence-corrected chi connectivity index (χ0v) is 9.99. The highest BCUT2D eigenvalue weighted by Gasteiger charge is 2.00. The van der Waals surface area contributed by atoms with Crippen molar-refractivity contribution in [2.24, 2.45) is 10.8 Å². The van der Waals surface area contributed by atoms with Gasteiger partial charge in [-0.15, -0.1) is 0 Å². The second-order valence-electron chi connectivity index (χ2n) is 3.91. The van der Waals surface area contributed by atoms with Crippen LogP contribution in [-0.2, 0) is 6.54 Å². The number of hydrogen-bond donors (Lipinski definition) is 3. The van der Waals surface area contributed by atoms with Crippen LogP contribution in [0.1, 0.15) is 25.0 Å². The Kier molecular flexibility index (Phi) is 4.72. The molecule has 0 unspecified atom stereocenters. The van der Waals surface area contributed by atoms with Gasteiger partial charge in [0.2, 0.25) is 5.96 Å². The molecule has 88 valence electrons. The Hall–Kier alpha value is -1.62. The van der Waals surface area contributed by atoms with Gasteiger partial charge >= 0.3 is 0 Å². The minimum Gasteiger partial charge on any atom is -0.353 e. The molecule has 5 nitrogen and oxygen atoms in total. The number of nitrogens with zero attached hydrogens (tertiary/aromatic N) is 2. The summed E-state index contributed by atoms with van der Waals surface area (Å²) in [6, 6.07) is 2.26. The third kappa shape index (κ3) is 3.86. The number of aryl methyl sites for hydroxylation is 1. The molecule has 0 atom stereocenters. The van der Waals surface area contributed by atoms with Gasteiger partial charge in [-0.05, 0) is 38.0 Å². The predicted octanol–water partition coefficient (Wildman–Crippen LogP) is 0.707. The van der Waals surface area contributed by atoms with Crippen LogP contribution >= 0.6 is 0 Å². The normalized spacial score (nSPS) is 11.7. The summed E-state index contributed by atoms with van der Waals surface area (Å²) in [6.45, 7) is 6.67. The summed E-state index contributed by atoms with van der Waals surface area (Å²) in [5, 5.41) is 3.11. The van der Waals surface area contributed by atoms with Crippen LogP contribution < -0.4 is 16.6 Å². The summed E-state index contributed by atoms with van der Waals surface area (Å²) < 4.78 is 0. The first-order valence-electron chi connectivity index (χ1n) is 5.30. The number of nitrogens with one attached hydrogen (secondary N) is 2. The molecule has 16 heavy (non-hydrogen) atoms. The van der Waals surface area contributed by atoms with Crippen molar-refractivity contribution in [2.45, 2.75) is 33.4 Å². The quantitative estimate of drug-likeness (QED) is 0.304. The molecule has 0 radical (unpaired) electrons. The zero-order chi connectivity index (χ0) is 12.0. The molecular formula is C11H19N5. The number of guanidine groups is 1. The van der Waals surface area contributed by atoms with Gasteiger partial charge in [-0.1, -0.05) is 0 Å². The van der Waals surface area contributed by atoms with Crippen LogP contribution in [0.4, 0.5) is 0 Å². The van der Waals surface area contributed by atoms with Gasteiger partial charge in [-0.3, -0.25) is 10.4 Å². The Balaban J connectivity index is 2.67. The number of hydrazine groups is 1. The average Bonchev–Trinajstić information content (AvgIpc) is 2.25. The molecule has 0 aliphatic rings. The molecule has 0 aliphatic carbocycles. The molecule has 0 saturated heterocycles. The number of pyridine rings is 1. The fourth-order valence-electron chi connectivity index (χ4n) is 1.23. The third-order valence-corrected chi connectivity index (χ3v) is 2.12. The first kappa shape index (κ1) is 12.4. The van der Waals surface area contributed by atoms with E-state index in [9.17, 15) is 0 Å². The van der Waals surface area contributed by atoms with Gasteiger partial charge in [0.1, 0.15) is 0 Å². The van der Waals surface area contributed by atoms with Gasteiger partial charge in [0.05, 0.1) is 6.54 Å². The molecule has 0 fully saturated rings. The van der Waals surface area contributed by atoms with Crippen molar-refractivity contribution in [3.8, 4) is 0 Å². The average molecular weight is 221 g/mol. The van der Waals surface area contributed by atoms with Gasteiger partial charge in [-0.2, -0.15) is 0 Å². The van der Waals surface area contributed by atoms with E-state index < -0.39 is 0 Å². The van der Waals surface area contributed by atoms with Gasteiger partial charge in [0.25, 0.3) is 0 Å². The SMILES string of the molecule is Cc1ccncc1CN=C(NN)NC(C)C. The molecule has 0 aliphatic heterocycles. The second-order valence-corrected chi connectivity index (χ2v) is 3.91. The van der Waals surface area contributed by atoms with Crippen LogP contribution in [0.15, 0.2) is 23.5 Å². The van der Waals surface area contributed by atoms with Crippen LogP contribution in [0.2, 0.25) is 0 Å². The molecule has 1 rings (SSSR count). The highest BCUT2D eigenvalue weighted by Crippen LogP contribution is 2.05. The molecular weight excluding hydrogens is 202 g/mol. The fourth-order valence-corrected chi connectivity index (χ4v) is 1.23. The maximum Gasteiger partial charge on any atom is 0.206 e. The van der Waals surface area contributed by atoms with E-state index in [1.807, 2.05) is 33.0 Å². The fraction of sp³-hybridized carbons (Fsp3) is 0.455. The van der Waals surface area contributed by atoms with E-state index in [4.69, 9.17) is 5.84 Å².